The van der Waals surface area contributed by atoms with Gasteiger partial charge in [-0.05, 0) is 55.7 Å². The normalized spacial score (nSPS) is 23.1. The second kappa shape index (κ2) is 4.28. The zero-order chi connectivity index (χ0) is 11.7. The summed E-state index contributed by atoms with van der Waals surface area (Å²) < 4.78 is 0. The van der Waals surface area contributed by atoms with E-state index in [4.69, 9.17) is 5.11 Å². The largest absolute Gasteiger partial charge is 0.481 e. The highest BCUT2D eigenvalue weighted by Gasteiger charge is 2.42. The quantitative estimate of drug-likeness (QED) is 0.843. The fraction of sp³-hybridized carbons (Fsp3) is 0.500. The van der Waals surface area contributed by atoms with E-state index in [-0.39, 0.29) is 5.92 Å². The summed E-state index contributed by atoms with van der Waals surface area (Å²) in [5.41, 5.74) is 4.05. The Morgan fingerprint density at radius 1 is 1.44 bits per heavy atom. The molecule has 86 valence electrons. The molecule has 16 heavy (non-hydrogen) atoms. The molecule has 2 unspecified atom stereocenters. The molecule has 0 saturated heterocycles. The molecule has 1 N–H and O–H groups in total. The van der Waals surface area contributed by atoms with Crippen LogP contribution in [0, 0.1) is 25.7 Å². The average Bonchev–Trinajstić information content (AvgIpc) is 3.00. The number of benzene rings is 1. The van der Waals surface area contributed by atoms with Crippen LogP contribution in [0.3, 0.4) is 0 Å². The molecule has 2 atom stereocenters. The van der Waals surface area contributed by atoms with Crippen LogP contribution in [0.1, 0.15) is 29.5 Å². The number of aryl methyl sites for hydroxylation is 2. The molecule has 2 nitrogen and oxygen atoms in total. The maximum absolute atomic E-state index is 10.7. The van der Waals surface area contributed by atoms with Gasteiger partial charge in [-0.1, -0.05) is 18.2 Å². The topological polar surface area (TPSA) is 37.3 Å². The standard InChI is InChI=1S/C14H18O2/c1-9-4-3-5-11(10(9)2)6-7-12-8-13(12)14(15)16/h3-5,12-13H,6-8H2,1-2H3,(H,15,16). The van der Waals surface area contributed by atoms with Gasteiger partial charge in [0.25, 0.3) is 0 Å². The Balaban J connectivity index is 1.91. The molecule has 0 spiro atoms. The molecule has 1 aromatic carbocycles. The molecule has 0 bridgehead atoms. The fourth-order valence-electron chi connectivity index (χ4n) is 2.29. The number of carboxylic acid groups (broad SMARTS) is 1. The molecule has 1 aliphatic carbocycles. The summed E-state index contributed by atoms with van der Waals surface area (Å²) in [5.74, 6) is -0.270. The van der Waals surface area contributed by atoms with Crippen LogP contribution in [0.4, 0.5) is 0 Å². The van der Waals surface area contributed by atoms with E-state index in [1.54, 1.807) is 0 Å². The molecule has 1 aliphatic rings. The Labute approximate surface area is 96.3 Å². The van der Waals surface area contributed by atoms with Gasteiger partial charge < -0.3 is 5.11 Å². The monoisotopic (exact) mass is 218 g/mol. The molecule has 0 radical (unpaired) electrons. The molecular formula is C14H18O2. The summed E-state index contributed by atoms with van der Waals surface area (Å²) in [7, 11) is 0. The highest BCUT2D eigenvalue weighted by molar-refractivity contribution is 5.73. The molecule has 0 amide bonds. The molecule has 0 heterocycles. The lowest BCUT2D eigenvalue weighted by Gasteiger charge is -2.07. The zero-order valence-electron chi connectivity index (χ0n) is 9.86. The molecule has 1 aromatic rings. The minimum absolute atomic E-state index is 0.0647. The van der Waals surface area contributed by atoms with Crippen LogP contribution in [0.5, 0.6) is 0 Å². The van der Waals surface area contributed by atoms with Crippen molar-refractivity contribution in [2.75, 3.05) is 0 Å². The van der Waals surface area contributed by atoms with Gasteiger partial charge in [0.15, 0.2) is 0 Å². The Hall–Kier alpha value is -1.31. The summed E-state index contributed by atoms with van der Waals surface area (Å²) in [6.07, 6.45) is 2.91. The minimum Gasteiger partial charge on any atom is -0.481 e. The first-order valence-corrected chi connectivity index (χ1v) is 5.87. The third-order valence-electron chi connectivity index (χ3n) is 3.74. The number of aliphatic carboxylic acids is 1. The van der Waals surface area contributed by atoms with Crippen molar-refractivity contribution in [1.29, 1.82) is 0 Å². The van der Waals surface area contributed by atoms with Crippen molar-refractivity contribution in [2.45, 2.75) is 33.1 Å². The predicted octanol–water partition coefficient (Wildman–Crippen LogP) is 2.96. The van der Waals surface area contributed by atoms with Crippen molar-refractivity contribution in [3.63, 3.8) is 0 Å². The van der Waals surface area contributed by atoms with Crippen molar-refractivity contribution in [3.8, 4) is 0 Å². The smallest absolute Gasteiger partial charge is 0.306 e. The van der Waals surface area contributed by atoms with Crippen LogP contribution in [0.2, 0.25) is 0 Å². The average molecular weight is 218 g/mol. The van der Waals surface area contributed by atoms with Crippen LogP contribution in [0.25, 0.3) is 0 Å². The third kappa shape index (κ3) is 2.26. The molecule has 0 aliphatic heterocycles. The van der Waals surface area contributed by atoms with Gasteiger partial charge in [-0.2, -0.15) is 0 Å². The van der Waals surface area contributed by atoms with Crippen LogP contribution in [-0.4, -0.2) is 11.1 Å². The highest BCUT2D eigenvalue weighted by atomic mass is 16.4. The lowest BCUT2D eigenvalue weighted by Crippen LogP contribution is -2.00. The van der Waals surface area contributed by atoms with Crippen molar-refractivity contribution in [3.05, 3.63) is 34.9 Å². The van der Waals surface area contributed by atoms with Gasteiger partial charge in [0, 0.05) is 0 Å². The van der Waals surface area contributed by atoms with E-state index in [0.29, 0.717) is 5.92 Å². The van der Waals surface area contributed by atoms with Crippen LogP contribution in [-0.2, 0) is 11.2 Å². The van der Waals surface area contributed by atoms with Gasteiger partial charge in [0.05, 0.1) is 5.92 Å². The summed E-state index contributed by atoms with van der Waals surface area (Å²) in [6, 6.07) is 6.36. The Morgan fingerprint density at radius 2 is 2.19 bits per heavy atom. The van der Waals surface area contributed by atoms with Crippen LogP contribution < -0.4 is 0 Å². The van der Waals surface area contributed by atoms with E-state index >= 15 is 0 Å². The third-order valence-corrected chi connectivity index (χ3v) is 3.74. The molecule has 0 aromatic heterocycles. The fourth-order valence-corrected chi connectivity index (χ4v) is 2.29. The summed E-state index contributed by atoms with van der Waals surface area (Å²) in [4.78, 5) is 10.7. The van der Waals surface area contributed by atoms with Gasteiger partial charge in [0.2, 0.25) is 0 Å². The first kappa shape index (κ1) is 11.2. The Morgan fingerprint density at radius 3 is 2.81 bits per heavy atom. The van der Waals surface area contributed by atoms with Crippen molar-refractivity contribution in [1.82, 2.24) is 0 Å². The summed E-state index contributed by atoms with van der Waals surface area (Å²) in [6.45, 7) is 4.27. The number of carbonyl (C=O) groups is 1. The highest BCUT2D eigenvalue weighted by Crippen LogP contribution is 2.42. The molecule has 2 rings (SSSR count). The molecular weight excluding hydrogens is 200 g/mol. The Kier molecular flexibility index (Phi) is 2.99. The van der Waals surface area contributed by atoms with E-state index in [9.17, 15) is 4.79 Å². The number of rotatable bonds is 4. The van der Waals surface area contributed by atoms with E-state index < -0.39 is 5.97 Å². The number of hydrogen-bond acceptors (Lipinski definition) is 1. The summed E-state index contributed by atoms with van der Waals surface area (Å²) >= 11 is 0. The lowest BCUT2D eigenvalue weighted by molar-refractivity contribution is -0.138. The maximum Gasteiger partial charge on any atom is 0.306 e. The zero-order valence-corrected chi connectivity index (χ0v) is 9.86. The molecule has 1 saturated carbocycles. The van der Waals surface area contributed by atoms with Gasteiger partial charge in [-0.3, -0.25) is 4.79 Å². The lowest BCUT2D eigenvalue weighted by atomic mass is 9.98. The van der Waals surface area contributed by atoms with E-state index in [1.165, 1.54) is 16.7 Å². The van der Waals surface area contributed by atoms with Crippen LogP contribution >= 0.6 is 0 Å². The van der Waals surface area contributed by atoms with E-state index in [0.717, 1.165) is 19.3 Å². The Bertz CT molecular complexity index is 409. The van der Waals surface area contributed by atoms with Gasteiger partial charge in [-0.25, -0.2) is 0 Å². The molecule has 2 heteroatoms. The number of carboxylic acids is 1. The second-order valence-corrected chi connectivity index (χ2v) is 4.84. The second-order valence-electron chi connectivity index (χ2n) is 4.84. The number of hydrogen-bond donors (Lipinski definition) is 1. The maximum atomic E-state index is 10.7. The van der Waals surface area contributed by atoms with Crippen molar-refractivity contribution in [2.24, 2.45) is 11.8 Å². The van der Waals surface area contributed by atoms with E-state index in [1.807, 2.05) is 0 Å². The van der Waals surface area contributed by atoms with Crippen LogP contribution in [0.15, 0.2) is 18.2 Å². The SMILES string of the molecule is Cc1cccc(CCC2CC2C(=O)O)c1C. The summed E-state index contributed by atoms with van der Waals surface area (Å²) in [5, 5.41) is 8.82. The first-order valence-electron chi connectivity index (χ1n) is 5.87. The first-order chi connectivity index (χ1) is 7.59. The minimum atomic E-state index is -0.619. The van der Waals surface area contributed by atoms with Gasteiger partial charge >= 0.3 is 5.97 Å². The van der Waals surface area contributed by atoms with E-state index in [2.05, 4.69) is 32.0 Å². The van der Waals surface area contributed by atoms with Gasteiger partial charge in [-0.15, -0.1) is 0 Å². The van der Waals surface area contributed by atoms with Crippen molar-refractivity contribution >= 4 is 5.97 Å². The molecule has 1 fully saturated rings. The predicted molar refractivity (Wildman–Crippen MR) is 63.5 cm³/mol. The van der Waals surface area contributed by atoms with Crippen molar-refractivity contribution < 1.29 is 9.90 Å². The van der Waals surface area contributed by atoms with Gasteiger partial charge in [0.1, 0.15) is 0 Å².